The van der Waals surface area contributed by atoms with Crippen molar-refractivity contribution in [1.82, 2.24) is 0 Å². The van der Waals surface area contributed by atoms with E-state index in [9.17, 15) is 4.79 Å². The van der Waals surface area contributed by atoms with Gasteiger partial charge >= 0.3 is 5.97 Å². The summed E-state index contributed by atoms with van der Waals surface area (Å²) in [5.74, 6) is -0.659. The molecule has 0 spiro atoms. The van der Waals surface area contributed by atoms with Crippen LogP contribution in [0.25, 0.3) is 0 Å². The summed E-state index contributed by atoms with van der Waals surface area (Å²) in [5.41, 5.74) is -0.490. The second-order valence-corrected chi connectivity index (χ2v) is 3.32. The van der Waals surface area contributed by atoms with Crippen LogP contribution in [0.5, 0.6) is 0 Å². The van der Waals surface area contributed by atoms with Crippen LogP contribution >= 0.6 is 0 Å². The van der Waals surface area contributed by atoms with E-state index in [4.69, 9.17) is 5.11 Å². The van der Waals surface area contributed by atoms with Crippen molar-refractivity contribution in [2.45, 2.75) is 46.5 Å². The molecule has 1 N–H and O–H groups in total. The van der Waals surface area contributed by atoms with E-state index >= 15 is 0 Å². The first-order chi connectivity index (χ1) is 5.06. The van der Waals surface area contributed by atoms with Gasteiger partial charge in [0.05, 0.1) is 5.41 Å². The van der Waals surface area contributed by atoms with Gasteiger partial charge in [0, 0.05) is 0 Å². The lowest BCUT2D eigenvalue weighted by molar-refractivity contribution is -0.148. The molecule has 2 heteroatoms. The SMILES string of the molecule is CCCC[C@@](C)(CC)C(=O)O. The Morgan fingerprint density at radius 1 is 1.45 bits per heavy atom. The average molecular weight is 158 g/mol. The van der Waals surface area contributed by atoms with Gasteiger partial charge in [-0.3, -0.25) is 4.79 Å². The Bertz CT molecular complexity index is 132. The number of aliphatic carboxylic acids is 1. The molecule has 0 bridgehead atoms. The van der Waals surface area contributed by atoms with Crippen LogP contribution < -0.4 is 0 Å². The van der Waals surface area contributed by atoms with Gasteiger partial charge in [0.15, 0.2) is 0 Å². The largest absolute Gasteiger partial charge is 0.481 e. The Morgan fingerprint density at radius 2 is 2.00 bits per heavy atom. The molecule has 0 aliphatic carbocycles. The quantitative estimate of drug-likeness (QED) is 0.668. The van der Waals surface area contributed by atoms with Crippen LogP contribution in [0, 0.1) is 5.41 Å². The van der Waals surface area contributed by atoms with Crippen molar-refractivity contribution in [2.75, 3.05) is 0 Å². The predicted octanol–water partition coefficient (Wildman–Crippen LogP) is 2.68. The summed E-state index contributed by atoms with van der Waals surface area (Å²) in [4.78, 5) is 10.8. The molecular weight excluding hydrogens is 140 g/mol. The number of hydrogen-bond acceptors (Lipinski definition) is 1. The van der Waals surface area contributed by atoms with Gasteiger partial charge in [0.1, 0.15) is 0 Å². The van der Waals surface area contributed by atoms with Crippen LogP contribution in [0.2, 0.25) is 0 Å². The first kappa shape index (κ1) is 10.5. The Hall–Kier alpha value is -0.530. The third kappa shape index (κ3) is 2.91. The zero-order valence-corrected chi connectivity index (χ0v) is 7.68. The van der Waals surface area contributed by atoms with Crippen molar-refractivity contribution < 1.29 is 9.90 Å². The van der Waals surface area contributed by atoms with Gasteiger partial charge in [-0.15, -0.1) is 0 Å². The number of unbranched alkanes of at least 4 members (excludes halogenated alkanes) is 1. The number of carbonyl (C=O) groups is 1. The maximum Gasteiger partial charge on any atom is 0.309 e. The topological polar surface area (TPSA) is 37.3 Å². The molecule has 66 valence electrons. The number of carboxylic acid groups (broad SMARTS) is 1. The molecular formula is C9H18O2. The fourth-order valence-electron chi connectivity index (χ4n) is 1.00. The summed E-state index contributed by atoms with van der Waals surface area (Å²) in [6.07, 6.45) is 3.61. The summed E-state index contributed by atoms with van der Waals surface area (Å²) in [6.45, 7) is 5.84. The van der Waals surface area contributed by atoms with Crippen molar-refractivity contribution in [2.24, 2.45) is 5.41 Å². The molecule has 1 atom stereocenters. The standard InChI is InChI=1S/C9H18O2/c1-4-6-7-9(3,5-2)8(10)11/h4-7H2,1-3H3,(H,10,11)/t9-/m1/s1. The van der Waals surface area contributed by atoms with Gasteiger partial charge in [-0.05, 0) is 19.8 Å². The number of hydrogen-bond donors (Lipinski definition) is 1. The first-order valence-electron chi connectivity index (χ1n) is 4.30. The van der Waals surface area contributed by atoms with Crippen molar-refractivity contribution in [3.8, 4) is 0 Å². The molecule has 0 amide bonds. The summed E-state index contributed by atoms with van der Waals surface area (Å²) in [6, 6.07) is 0. The lowest BCUT2D eigenvalue weighted by Crippen LogP contribution is -2.26. The molecule has 0 aliphatic heterocycles. The molecule has 0 saturated carbocycles. The molecule has 0 aromatic rings. The predicted molar refractivity (Wildman–Crippen MR) is 45.6 cm³/mol. The van der Waals surface area contributed by atoms with Gasteiger partial charge in [-0.25, -0.2) is 0 Å². The van der Waals surface area contributed by atoms with Crippen LogP contribution in [0.4, 0.5) is 0 Å². The van der Waals surface area contributed by atoms with Crippen LogP contribution in [0.1, 0.15) is 46.5 Å². The average Bonchev–Trinajstić information content (AvgIpc) is 2.00. The summed E-state index contributed by atoms with van der Waals surface area (Å²) < 4.78 is 0. The van der Waals surface area contributed by atoms with E-state index in [2.05, 4.69) is 6.92 Å². The number of rotatable bonds is 5. The fraction of sp³-hybridized carbons (Fsp3) is 0.889. The van der Waals surface area contributed by atoms with E-state index in [0.717, 1.165) is 25.7 Å². The third-order valence-corrected chi connectivity index (χ3v) is 2.38. The molecule has 0 heterocycles. The minimum absolute atomic E-state index is 0.490. The maximum absolute atomic E-state index is 10.8. The monoisotopic (exact) mass is 158 g/mol. The molecule has 0 fully saturated rings. The molecule has 0 rings (SSSR count). The van der Waals surface area contributed by atoms with Gasteiger partial charge < -0.3 is 5.11 Å². The van der Waals surface area contributed by atoms with Crippen LogP contribution in [0.3, 0.4) is 0 Å². The Morgan fingerprint density at radius 3 is 2.27 bits per heavy atom. The summed E-state index contributed by atoms with van der Waals surface area (Å²) in [7, 11) is 0. The molecule has 11 heavy (non-hydrogen) atoms. The molecule has 0 radical (unpaired) electrons. The van der Waals surface area contributed by atoms with Gasteiger partial charge in [0.25, 0.3) is 0 Å². The Kier molecular flexibility index (Phi) is 4.16. The van der Waals surface area contributed by atoms with Crippen molar-refractivity contribution in [3.05, 3.63) is 0 Å². The highest BCUT2D eigenvalue weighted by Crippen LogP contribution is 2.27. The highest BCUT2D eigenvalue weighted by Gasteiger charge is 2.29. The van der Waals surface area contributed by atoms with Crippen LogP contribution in [-0.2, 0) is 4.79 Å². The second-order valence-electron chi connectivity index (χ2n) is 3.32. The maximum atomic E-state index is 10.8. The van der Waals surface area contributed by atoms with E-state index in [-0.39, 0.29) is 0 Å². The van der Waals surface area contributed by atoms with Crippen molar-refractivity contribution in [1.29, 1.82) is 0 Å². The van der Waals surface area contributed by atoms with Gasteiger partial charge in [-0.2, -0.15) is 0 Å². The van der Waals surface area contributed by atoms with E-state index in [0.29, 0.717) is 0 Å². The van der Waals surface area contributed by atoms with E-state index in [1.807, 2.05) is 13.8 Å². The summed E-state index contributed by atoms with van der Waals surface area (Å²) >= 11 is 0. The molecule has 0 aromatic carbocycles. The smallest absolute Gasteiger partial charge is 0.309 e. The third-order valence-electron chi connectivity index (χ3n) is 2.38. The Balaban J connectivity index is 3.99. The number of carboxylic acids is 1. The van der Waals surface area contributed by atoms with E-state index < -0.39 is 11.4 Å². The lowest BCUT2D eigenvalue weighted by atomic mass is 9.82. The minimum atomic E-state index is -0.659. The fourth-order valence-corrected chi connectivity index (χ4v) is 1.00. The lowest BCUT2D eigenvalue weighted by Gasteiger charge is -2.22. The molecule has 0 unspecified atom stereocenters. The second kappa shape index (κ2) is 4.37. The highest BCUT2D eigenvalue weighted by atomic mass is 16.4. The van der Waals surface area contributed by atoms with Gasteiger partial charge in [-0.1, -0.05) is 26.7 Å². The molecule has 0 saturated heterocycles. The first-order valence-corrected chi connectivity index (χ1v) is 4.30. The van der Waals surface area contributed by atoms with Crippen LogP contribution in [-0.4, -0.2) is 11.1 Å². The van der Waals surface area contributed by atoms with Crippen molar-refractivity contribution >= 4 is 5.97 Å². The zero-order chi connectivity index (χ0) is 8.91. The molecule has 0 aliphatic rings. The molecule has 2 nitrogen and oxygen atoms in total. The van der Waals surface area contributed by atoms with E-state index in [1.54, 1.807) is 0 Å². The normalized spacial score (nSPS) is 15.9. The van der Waals surface area contributed by atoms with E-state index in [1.165, 1.54) is 0 Å². The molecule has 0 aromatic heterocycles. The van der Waals surface area contributed by atoms with Crippen LogP contribution in [0.15, 0.2) is 0 Å². The minimum Gasteiger partial charge on any atom is -0.481 e. The van der Waals surface area contributed by atoms with Crippen molar-refractivity contribution in [3.63, 3.8) is 0 Å². The Labute approximate surface area is 68.6 Å². The zero-order valence-electron chi connectivity index (χ0n) is 7.68. The summed E-state index contributed by atoms with van der Waals surface area (Å²) in [5, 5.41) is 8.86. The highest BCUT2D eigenvalue weighted by molar-refractivity contribution is 5.73. The van der Waals surface area contributed by atoms with Gasteiger partial charge in [0.2, 0.25) is 0 Å².